The van der Waals surface area contributed by atoms with E-state index in [1.807, 2.05) is 54.7 Å². The molecule has 5 heteroatoms. The Morgan fingerprint density at radius 1 is 1.36 bits per heavy atom. The van der Waals surface area contributed by atoms with E-state index < -0.39 is 0 Å². The molecule has 1 aromatic carbocycles. The van der Waals surface area contributed by atoms with Crippen molar-refractivity contribution in [2.75, 3.05) is 19.6 Å². The molecule has 2 heterocycles. The maximum atomic E-state index is 12.4. The number of nitrogens with zero attached hydrogens (tertiary/aromatic N) is 3. The molecule has 1 fully saturated rings. The van der Waals surface area contributed by atoms with Crippen molar-refractivity contribution in [2.45, 2.75) is 19.3 Å². The van der Waals surface area contributed by atoms with Gasteiger partial charge in [0.15, 0.2) is 0 Å². The Morgan fingerprint density at radius 3 is 2.96 bits per heavy atom. The van der Waals surface area contributed by atoms with E-state index in [0.717, 1.165) is 43.7 Å². The molecule has 3 rings (SSSR count). The fourth-order valence-corrected chi connectivity index (χ4v) is 3.17. The smallest absolute Gasteiger partial charge is 0.318 e. The zero-order valence-corrected chi connectivity index (χ0v) is 14.6. The second-order valence-corrected chi connectivity index (χ2v) is 6.44. The third-order valence-corrected chi connectivity index (χ3v) is 4.53. The highest BCUT2D eigenvalue weighted by Crippen LogP contribution is 2.20. The van der Waals surface area contributed by atoms with Crippen LogP contribution >= 0.6 is 0 Å². The zero-order valence-electron chi connectivity index (χ0n) is 14.6. The van der Waals surface area contributed by atoms with Crippen molar-refractivity contribution in [3.8, 4) is 11.8 Å². The first-order chi connectivity index (χ1) is 12.2. The Bertz CT molecular complexity index is 757. The number of likely N-dealkylation sites (tertiary alicyclic amines) is 1. The molecule has 0 spiro atoms. The number of carbonyl (C=O) groups excluding carboxylic acids is 1. The first-order valence-electron chi connectivity index (χ1n) is 8.75. The van der Waals surface area contributed by atoms with Gasteiger partial charge in [0.2, 0.25) is 0 Å². The summed E-state index contributed by atoms with van der Waals surface area (Å²) in [6, 6.07) is 9.77. The van der Waals surface area contributed by atoms with Crippen LogP contribution in [0.1, 0.15) is 24.2 Å². The summed E-state index contributed by atoms with van der Waals surface area (Å²) in [4.78, 5) is 18.6. The molecule has 5 nitrogen and oxygen atoms in total. The summed E-state index contributed by atoms with van der Waals surface area (Å²) in [5.74, 6) is 7.61. The Labute approximate surface area is 149 Å². The molecule has 130 valence electrons. The summed E-state index contributed by atoms with van der Waals surface area (Å²) in [6.45, 7) is 1.97. The Morgan fingerprint density at radius 2 is 2.20 bits per heavy atom. The van der Waals surface area contributed by atoms with E-state index in [-0.39, 0.29) is 6.03 Å². The maximum Gasteiger partial charge on any atom is 0.318 e. The number of benzene rings is 1. The van der Waals surface area contributed by atoms with Gasteiger partial charge in [-0.2, -0.15) is 0 Å². The Kier molecular flexibility index (Phi) is 5.73. The van der Waals surface area contributed by atoms with Gasteiger partial charge < -0.3 is 14.8 Å². The van der Waals surface area contributed by atoms with Gasteiger partial charge in [-0.1, -0.05) is 30.0 Å². The first kappa shape index (κ1) is 17.1. The minimum atomic E-state index is -0.0214. The molecule has 0 aliphatic carbocycles. The lowest BCUT2D eigenvalue weighted by Gasteiger charge is -2.32. The van der Waals surface area contributed by atoms with E-state index in [9.17, 15) is 4.79 Å². The van der Waals surface area contributed by atoms with Crippen molar-refractivity contribution < 1.29 is 4.79 Å². The number of aryl methyl sites for hydroxylation is 1. The number of urea groups is 1. The third-order valence-electron chi connectivity index (χ3n) is 4.53. The lowest BCUT2D eigenvalue weighted by Crippen LogP contribution is -2.46. The summed E-state index contributed by atoms with van der Waals surface area (Å²) in [7, 11) is 2.01. The van der Waals surface area contributed by atoms with Crippen molar-refractivity contribution in [2.24, 2.45) is 13.0 Å². The van der Waals surface area contributed by atoms with Crippen LogP contribution < -0.4 is 5.32 Å². The summed E-state index contributed by atoms with van der Waals surface area (Å²) < 4.78 is 2.05. The van der Waals surface area contributed by atoms with Gasteiger partial charge in [0.1, 0.15) is 5.82 Å². The topological polar surface area (TPSA) is 50.2 Å². The van der Waals surface area contributed by atoms with Gasteiger partial charge in [0.05, 0.1) is 6.54 Å². The van der Waals surface area contributed by atoms with E-state index >= 15 is 0 Å². The molecule has 0 saturated carbocycles. The summed E-state index contributed by atoms with van der Waals surface area (Å²) in [5.41, 5.74) is 0.963. The molecule has 1 saturated heterocycles. The summed E-state index contributed by atoms with van der Waals surface area (Å²) >= 11 is 0. The van der Waals surface area contributed by atoms with Gasteiger partial charge in [-0.15, -0.1) is 0 Å². The highest BCUT2D eigenvalue weighted by molar-refractivity contribution is 5.74. The number of piperidine rings is 1. The number of rotatable bonds is 3. The fourth-order valence-electron chi connectivity index (χ4n) is 3.17. The van der Waals surface area contributed by atoms with Crippen LogP contribution in [0.3, 0.4) is 0 Å². The number of aromatic nitrogens is 2. The van der Waals surface area contributed by atoms with Crippen LogP contribution in [0.4, 0.5) is 4.79 Å². The van der Waals surface area contributed by atoms with E-state index in [1.165, 1.54) is 0 Å². The largest absolute Gasteiger partial charge is 0.338 e. The van der Waals surface area contributed by atoms with E-state index in [4.69, 9.17) is 0 Å². The molecule has 1 N–H and O–H groups in total. The number of hydrogen-bond donors (Lipinski definition) is 1. The molecule has 0 bridgehead atoms. The van der Waals surface area contributed by atoms with Crippen molar-refractivity contribution >= 4 is 6.03 Å². The predicted octanol–water partition coefficient (Wildman–Crippen LogP) is 2.44. The van der Waals surface area contributed by atoms with Gasteiger partial charge in [-0.05, 0) is 30.9 Å². The fraction of sp³-hybridized carbons (Fsp3) is 0.400. The quantitative estimate of drug-likeness (QED) is 0.875. The van der Waals surface area contributed by atoms with Crippen LogP contribution in [0, 0.1) is 17.8 Å². The molecule has 1 aromatic heterocycles. The second-order valence-electron chi connectivity index (χ2n) is 6.44. The SMILES string of the molecule is Cn1ccnc1C[C@@H]1CCCN(C(=O)NCC#Cc2ccccc2)C1. The standard InChI is InChI=1S/C20H24N4O/c1-23-14-12-21-19(23)15-18-10-6-13-24(16-18)20(25)22-11-5-9-17-7-3-2-4-8-17/h2-4,7-8,12,14,18H,6,10-11,13,15-16H2,1H3,(H,22,25)/t18-/m0/s1. The van der Waals surface area contributed by atoms with Crippen molar-refractivity contribution in [1.29, 1.82) is 0 Å². The van der Waals surface area contributed by atoms with Crippen LogP contribution in [-0.4, -0.2) is 40.1 Å². The molecule has 1 atom stereocenters. The molecule has 0 radical (unpaired) electrons. The van der Waals surface area contributed by atoms with E-state index in [0.29, 0.717) is 12.5 Å². The molecular weight excluding hydrogens is 312 g/mol. The predicted molar refractivity (Wildman–Crippen MR) is 97.9 cm³/mol. The van der Waals surface area contributed by atoms with Crippen molar-refractivity contribution in [3.63, 3.8) is 0 Å². The maximum absolute atomic E-state index is 12.4. The average Bonchev–Trinajstić information content (AvgIpc) is 3.04. The van der Waals surface area contributed by atoms with Gasteiger partial charge in [-0.25, -0.2) is 9.78 Å². The minimum Gasteiger partial charge on any atom is -0.338 e. The summed E-state index contributed by atoms with van der Waals surface area (Å²) in [6.07, 6.45) is 6.89. The van der Waals surface area contributed by atoms with Crippen LogP contribution in [0.2, 0.25) is 0 Å². The van der Waals surface area contributed by atoms with Crippen LogP contribution in [0.15, 0.2) is 42.7 Å². The van der Waals surface area contributed by atoms with E-state index in [1.54, 1.807) is 0 Å². The Balaban J connectivity index is 1.47. The zero-order chi connectivity index (χ0) is 17.5. The van der Waals surface area contributed by atoms with Crippen molar-refractivity contribution in [3.05, 3.63) is 54.1 Å². The number of hydrogen-bond acceptors (Lipinski definition) is 2. The summed E-state index contributed by atoms with van der Waals surface area (Å²) in [5, 5.41) is 2.91. The van der Waals surface area contributed by atoms with Crippen molar-refractivity contribution in [1.82, 2.24) is 19.8 Å². The minimum absolute atomic E-state index is 0.0214. The number of imidazole rings is 1. The molecule has 25 heavy (non-hydrogen) atoms. The highest BCUT2D eigenvalue weighted by Gasteiger charge is 2.24. The lowest BCUT2D eigenvalue weighted by molar-refractivity contribution is 0.165. The molecule has 0 unspecified atom stereocenters. The first-order valence-corrected chi connectivity index (χ1v) is 8.75. The van der Waals surface area contributed by atoms with Gasteiger partial charge >= 0.3 is 6.03 Å². The third kappa shape index (κ3) is 4.87. The van der Waals surface area contributed by atoms with Gasteiger partial charge in [0.25, 0.3) is 0 Å². The number of carbonyl (C=O) groups is 1. The number of amides is 2. The van der Waals surface area contributed by atoms with Gasteiger partial charge in [-0.3, -0.25) is 0 Å². The van der Waals surface area contributed by atoms with Crippen LogP contribution in [-0.2, 0) is 13.5 Å². The van der Waals surface area contributed by atoms with Crippen LogP contribution in [0.5, 0.6) is 0 Å². The molecule has 1 aliphatic rings. The molecule has 2 amide bonds. The highest BCUT2D eigenvalue weighted by atomic mass is 16.2. The Hall–Kier alpha value is -2.74. The molecule has 1 aliphatic heterocycles. The van der Waals surface area contributed by atoms with Crippen LogP contribution in [0.25, 0.3) is 0 Å². The lowest BCUT2D eigenvalue weighted by atomic mass is 9.94. The molecule has 2 aromatic rings. The average molecular weight is 336 g/mol. The molecular formula is C20H24N4O. The van der Waals surface area contributed by atoms with Gasteiger partial charge in [0, 0.05) is 44.5 Å². The monoisotopic (exact) mass is 336 g/mol. The number of nitrogens with one attached hydrogen (secondary N) is 1. The van der Waals surface area contributed by atoms with E-state index in [2.05, 4.69) is 26.7 Å². The normalized spacial score (nSPS) is 16.8. The second kappa shape index (κ2) is 8.39.